The van der Waals surface area contributed by atoms with Gasteiger partial charge in [-0.05, 0) is 16.0 Å². The van der Waals surface area contributed by atoms with Crippen LogP contribution in [0.2, 0.25) is 0 Å². The fourth-order valence-corrected chi connectivity index (χ4v) is 4.23. The molecular formula is C18H21BrO3. The molecule has 118 valence electrons. The molecule has 0 unspecified atom stereocenters. The van der Waals surface area contributed by atoms with E-state index in [9.17, 15) is 5.11 Å². The zero-order valence-electron chi connectivity index (χ0n) is 12.4. The quantitative estimate of drug-likeness (QED) is 0.812. The molecule has 1 aliphatic carbocycles. The number of hydrogen-bond donors (Lipinski definition) is 1. The lowest BCUT2D eigenvalue weighted by Crippen LogP contribution is -2.37. The van der Waals surface area contributed by atoms with Gasteiger partial charge in [-0.3, -0.25) is 0 Å². The van der Waals surface area contributed by atoms with Crippen molar-refractivity contribution in [2.75, 3.05) is 13.2 Å². The monoisotopic (exact) mass is 364 g/mol. The molecule has 3 rings (SSSR count). The molecule has 0 aromatic heterocycles. The van der Waals surface area contributed by atoms with Gasteiger partial charge in [0.2, 0.25) is 0 Å². The van der Waals surface area contributed by atoms with Crippen molar-refractivity contribution in [1.82, 2.24) is 0 Å². The molecule has 0 amide bonds. The van der Waals surface area contributed by atoms with Crippen LogP contribution in [0.25, 0.3) is 0 Å². The molecule has 5 atom stereocenters. The van der Waals surface area contributed by atoms with Crippen LogP contribution in [0.1, 0.15) is 5.56 Å². The molecule has 0 bridgehead atoms. The molecule has 3 nitrogen and oxygen atoms in total. The Morgan fingerprint density at radius 1 is 1.36 bits per heavy atom. The Balaban J connectivity index is 1.66. The van der Waals surface area contributed by atoms with Crippen LogP contribution in [-0.2, 0) is 16.1 Å². The molecule has 4 heteroatoms. The average Bonchev–Trinajstić information content (AvgIpc) is 2.89. The fourth-order valence-electron chi connectivity index (χ4n) is 3.45. The minimum Gasteiger partial charge on any atom is -0.376 e. The average molecular weight is 365 g/mol. The van der Waals surface area contributed by atoms with Crippen molar-refractivity contribution in [2.45, 2.75) is 12.9 Å². The molecule has 1 aromatic rings. The molecule has 1 aromatic carbocycles. The second-order valence-electron chi connectivity index (χ2n) is 5.94. The third kappa shape index (κ3) is 3.20. The predicted molar refractivity (Wildman–Crippen MR) is 89.2 cm³/mol. The zero-order chi connectivity index (χ0) is 15.5. The van der Waals surface area contributed by atoms with Crippen molar-refractivity contribution in [2.24, 2.45) is 23.7 Å². The van der Waals surface area contributed by atoms with Gasteiger partial charge in [0.25, 0.3) is 0 Å². The van der Waals surface area contributed by atoms with Gasteiger partial charge in [0, 0.05) is 17.8 Å². The summed E-state index contributed by atoms with van der Waals surface area (Å²) in [6, 6.07) is 10.1. The predicted octanol–water partition coefficient (Wildman–Crippen LogP) is 3.50. The molecular weight excluding hydrogens is 344 g/mol. The molecule has 0 radical (unpaired) electrons. The van der Waals surface area contributed by atoms with Gasteiger partial charge in [0.05, 0.1) is 19.8 Å². The Morgan fingerprint density at radius 2 is 2.14 bits per heavy atom. The number of rotatable bonds is 5. The fraction of sp³-hybridized carbons (Fsp3) is 0.444. The van der Waals surface area contributed by atoms with Crippen molar-refractivity contribution < 1.29 is 14.6 Å². The van der Waals surface area contributed by atoms with Gasteiger partial charge in [-0.25, -0.2) is 0 Å². The summed E-state index contributed by atoms with van der Waals surface area (Å²) in [6.07, 6.45) is 3.39. The van der Waals surface area contributed by atoms with Crippen LogP contribution in [0.15, 0.2) is 53.5 Å². The summed E-state index contributed by atoms with van der Waals surface area (Å²) in [6.45, 7) is 5.72. The van der Waals surface area contributed by atoms with Crippen molar-refractivity contribution in [3.05, 3.63) is 59.1 Å². The van der Waals surface area contributed by atoms with Crippen molar-refractivity contribution in [3.63, 3.8) is 0 Å². The lowest BCUT2D eigenvalue weighted by atomic mass is 9.71. The first kappa shape index (κ1) is 15.9. The number of fused-ring (bicyclic) bond motifs is 1. The Kier molecular flexibility index (Phi) is 5.14. The van der Waals surface area contributed by atoms with E-state index in [1.807, 2.05) is 24.3 Å². The Bertz CT molecular complexity index is 543. The number of aliphatic hydroxyl groups excluding tert-OH is 1. The largest absolute Gasteiger partial charge is 0.376 e. The van der Waals surface area contributed by atoms with Gasteiger partial charge >= 0.3 is 0 Å². The van der Waals surface area contributed by atoms with Crippen molar-refractivity contribution in [3.8, 4) is 0 Å². The summed E-state index contributed by atoms with van der Waals surface area (Å²) in [4.78, 5) is 0. The summed E-state index contributed by atoms with van der Waals surface area (Å²) in [5.41, 5.74) is 1.16. The normalized spacial score (nSPS) is 34.1. The highest BCUT2D eigenvalue weighted by Gasteiger charge is 2.46. The van der Waals surface area contributed by atoms with Gasteiger partial charge < -0.3 is 14.6 Å². The van der Waals surface area contributed by atoms with Crippen LogP contribution in [0, 0.1) is 23.7 Å². The number of ether oxygens (including phenoxy) is 2. The van der Waals surface area contributed by atoms with E-state index in [2.05, 4.69) is 40.7 Å². The zero-order valence-corrected chi connectivity index (χ0v) is 14.0. The highest BCUT2D eigenvalue weighted by molar-refractivity contribution is 9.11. The van der Waals surface area contributed by atoms with E-state index in [0.717, 1.165) is 10.0 Å². The summed E-state index contributed by atoms with van der Waals surface area (Å²) in [5.74, 6) is 0.651. The molecule has 1 N–H and O–H groups in total. The standard InChI is InChI=1S/C18H21BrO3/c1-2-14-15(11-21-9-12-6-4-3-5-7-12)16(19)8-13-10-22-18(20)17(13)14/h2-8,13-15,17-18,20H,1,9-11H2/t13-,14+,15+,17+,18-/m1/s1. The maximum absolute atomic E-state index is 10.1. The van der Waals surface area contributed by atoms with E-state index < -0.39 is 6.29 Å². The third-order valence-electron chi connectivity index (χ3n) is 4.60. The van der Waals surface area contributed by atoms with Gasteiger partial charge in [-0.15, -0.1) is 6.58 Å². The summed E-state index contributed by atoms with van der Waals surface area (Å²) in [5, 5.41) is 10.1. The summed E-state index contributed by atoms with van der Waals surface area (Å²) in [7, 11) is 0. The Morgan fingerprint density at radius 3 is 2.86 bits per heavy atom. The molecule has 1 fully saturated rings. The van der Waals surface area contributed by atoms with Crippen LogP contribution in [0.3, 0.4) is 0 Å². The van der Waals surface area contributed by atoms with Crippen LogP contribution >= 0.6 is 15.9 Å². The number of aliphatic hydroxyl groups is 1. The molecule has 0 spiro atoms. The van der Waals surface area contributed by atoms with Crippen LogP contribution < -0.4 is 0 Å². The maximum Gasteiger partial charge on any atom is 0.158 e. The number of benzene rings is 1. The van der Waals surface area contributed by atoms with E-state index >= 15 is 0 Å². The van der Waals surface area contributed by atoms with E-state index in [0.29, 0.717) is 19.8 Å². The van der Waals surface area contributed by atoms with Crippen molar-refractivity contribution in [1.29, 1.82) is 0 Å². The smallest absolute Gasteiger partial charge is 0.158 e. The minimum absolute atomic E-state index is 0.0733. The molecule has 2 aliphatic rings. The summed E-state index contributed by atoms with van der Waals surface area (Å²) < 4.78 is 12.4. The van der Waals surface area contributed by atoms with Crippen LogP contribution in [0.4, 0.5) is 0 Å². The van der Waals surface area contributed by atoms with E-state index in [1.165, 1.54) is 0 Å². The van der Waals surface area contributed by atoms with Gasteiger partial charge in [-0.1, -0.05) is 58.4 Å². The number of hydrogen-bond acceptors (Lipinski definition) is 3. The first-order valence-corrected chi connectivity index (χ1v) is 8.41. The second kappa shape index (κ2) is 7.09. The number of allylic oxidation sites excluding steroid dienone is 1. The minimum atomic E-state index is -0.707. The first-order valence-electron chi connectivity index (χ1n) is 7.62. The highest BCUT2D eigenvalue weighted by atomic mass is 79.9. The second-order valence-corrected chi connectivity index (χ2v) is 6.85. The topological polar surface area (TPSA) is 38.7 Å². The highest BCUT2D eigenvalue weighted by Crippen LogP contribution is 2.46. The Hall–Kier alpha value is -0.940. The van der Waals surface area contributed by atoms with Crippen molar-refractivity contribution >= 4 is 15.9 Å². The lowest BCUT2D eigenvalue weighted by Gasteiger charge is -2.36. The molecule has 1 heterocycles. The van der Waals surface area contributed by atoms with Gasteiger partial charge in [0.1, 0.15) is 0 Å². The van der Waals surface area contributed by atoms with Crippen LogP contribution in [0.5, 0.6) is 0 Å². The number of halogens is 1. The van der Waals surface area contributed by atoms with Gasteiger partial charge in [0.15, 0.2) is 6.29 Å². The molecule has 0 saturated carbocycles. The molecule has 22 heavy (non-hydrogen) atoms. The van der Waals surface area contributed by atoms with E-state index in [4.69, 9.17) is 9.47 Å². The lowest BCUT2D eigenvalue weighted by molar-refractivity contribution is -0.0951. The molecule has 1 aliphatic heterocycles. The Labute approximate surface area is 139 Å². The molecule has 1 saturated heterocycles. The van der Waals surface area contributed by atoms with Gasteiger partial charge in [-0.2, -0.15) is 0 Å². The first-order chi connectivity index (χ1) is 10.7. The SMILES string of the molecule is C=C[C@@H]1[C@@H]2[C@H](C=C(Br)[C@H]1COCc1ccccc1)CO[C@H]2O. The summed E-state index contributed by atoms with van der Waals surface area (Å²) >= 11 is 3.67. The maximum atomic E-state index is 10.1. The van der Waals surface area contributed by atoms with E-state index in [-0.39, 0.29) is 23.7 Å². The van der Waals surface area contributed by atoms with Crippen LogP contribution in [-0.4, -0.2) is 24.6 Å². The van der Waals surface area contributed by atoms with E-state index in [1.54, 1.807) is 0 Å². The third-order valence-corrected chi connectivity index (χ3v) is 5.45.